The first-order valence-electron chi connectivity index (χ1n) is 7.73. The molecule has 2 aromatic carbocycles. The van der Waals surface area contributed by atoms with Crippen LogP contribution in [0.15, 0.2) is 53.0 Å². The number of carbonyl (C=O) groups is 1. The van der Waals surface area contributed by atoms with Crippen molar-refractivity contribution in [2.45, 2.75) is 13.5 Å². The van der Waals surface area contributed by atoms with Gasteiger partial charge in [-0.05, 0) is 25.1 Å². The van der Waals surface area contributed by atoms with Gasteiger partial charge in [0.1, 0.15) is 18.1 Å². The molecular weight excluding hydrogens is 386 g/mol. The molecule has 25 heavy (non-hydrogen) atoms. The maximum Gasteiger partial charge on any atom is 0.361 e. The number of esters is 1. The highest BCUT2D eigenvalue weighted by molar-refractivity contribution is 9.10. The van der Waals surface area contributed by atoms with Crippen LogP contribution in [0.25, 0.3) is 11.3 Å². The van der Waals surface area contributed by atoms with Gasteiger partial charge in [-0.3, -0.25) is 0 Å². The SMILES string of the molecule is CCOC(=O)c1n[nH]nc1-c1cccc(OCc2ccccc2Br)c1. The van der Waals surface area contributed by atoms with E-state index in [0.717, 1.165) is 15.6 Å². The third-order valence-electron chi connectivity index (χ3n) is 3.48. The number of nitrogens with zero attached hydrogens (tertiary/aromatic N) is 2. The van der Waals surface area contributed by atoms with E-state index in [9.17, 15) is 4.79 Å². The minimum atomic E-state index is -0.509. The quantitative estimate of drug-likeness (QED) is 0.631. The number of H-pyrrole nitrogens is 1. The molecule has 0 bridgehead atoms. The summed E-state index contributed by atoms with van der Waals surface area (Å²) in [6, 6.07) is 15.2. The van der Waals surface area contributed by atoms with E-state index in [1.165, 1.54) is 0 Å². The average Bonchev–Trinajstić information content (AvgIpc) is 3.11. The fourth-order valence-corrected chi connectivity index (χ4v) is 2.68. The number of aromatic amines is 1. The lowest BCUT2D eigenvalue weighted by atomic mass is 10.1. The number of aromatic nitrogens is 3. The van der Waals surface area contributed by atoms with Crippen molar-refractivity contribution in [3.05, 3.63) is 64.3 Å². The zero-order valence-electron chi connectivity index (χ0n) is 13.5. The summed E-state index contributed by atoms with van der Waals surface area (Å²) < 4.78 is 11.8. The van der Waals surface area contributed by atoms with Gasteiger partial charge < -0.3 is 9.47 Å². The Morgan fingerprint density at radius 3 is 2.80 bits per heavy atom. The zero-order valence-corrected chi connectivity index (χ0v) is 15.1. The summed E-state index contributed by atoms with van der Waals surface area (Å²) >= 11 is 3.50. The summed E-state index contributed by atoms with van der Waals surface area (Å²) in [6.45, 7) is 2.45. The highest BCUT2D eigenvalue weighted by Crippen LogP contribution is 2.26. The first-order valence-corrected chi connectivity index (χ1v) is 8.53. The second-order valence-corrected chi connectivity index (χ2v) is 6.00. The van der Waals surface area contributed by atoms with E-state index in [0.29, 0.717) is 18.1 Å². The summed E-state index contributed by atoms with van der Waals surface area (Å²) in [5.74, 6) is 0.164. The van der Waals surface area contributed by atoms with E-state index in [-0.39, 0.29) is 12.3 Å². The van der Waals surface area contributed by atoms with Crippen molar-refractivity contribution in [2.24, 2.45) is 0 Å². The Hall–Kier alpha value is -2.67. The minimum Gasteiger partial charge on any atom is -0.489 e. The predicted molar refractivity (Wildman–Crippen MR) is 96.2 cm³/mol. The Bertz CT molecular complexity index is 879. The van der Waals surface area contributed by atoms with Gasteiger partial charge in [0.2, 0.25) is 0 Å². The standard InChI is InChI=1S/C18H16BrN3O3/c1-2-24-18(23)17-16(20-22-21-17)12-7-5-8-14(10-12)25-11-13-6-3-4-9-15(13)19/h3-10H,2,11H2,1H3,(H,20,21,22). The van der Waals surface area contributed by atoms with Crippen LogP contribution < -0.4 is 4.74 Å². The molecule has 128 valence electrons. The van der Waals surface area contributed by atoms with Crippen LogP contribution in [-0.2, 0) is 11.3 Å². The summed E-state index contributed by atoms with van der Waals surface area (Å²) in [7, 11) is 0. The summed E-state index contributed by atoms with van der Waals surface area (Å²) in [6.07, 6.45) is 0. The van der Waals surface area contributed by atoms with E-state index >= 15 is 0 Å². The molecule has 1 heterocycles. The second kappa shape index (κ2) is 7.94. The number of carbonyl (C=O) groups excluding carboxylic acids is 1. The summed E-state index contributed by atoms with van der Waals surface area (Å²) in [4.78, 5) is 12.0. The van der Waals surface area contributed by atoms with Crippen LogP contribution in [0, 0.1) is 0 Å². The third kappa shape index (κ3) is 4.06. The second-order valence-electron chi connectivity index (χ2n) is 5.15. The maximum absolute atomic E-state index is 12.0. The van der Waals surface area contributed by atoms with Gasteiger partial charge in [-0.1, -0.05) is 46.3 Å². The first kappa shape index (κ1) is 17.2. The Labute approximate surface area is 153 Å². The van der Waals surface area contributed by atoms with Crippen molar-refractivity contribution >= 4 is 21.9 Å². The van der Waals surface area contributed by atoms with E-state index in [2.05, 4.69) is 31.3 Å². The molecule has 3 rings (SSSR count). The van der Waals surface area contributed by atoms with Gasteiger partial charge in [0.05, 0.1) is 6.61 Å². The molecule has 6 nitrogen and oxygen atoms in total. The number of nitrogens with one attached hydrogen (secondary N) is 1. The van der Waals surface area contributed by atoms with Crippen LogP contribution >= 0.6 is 15.9 Å². The molecule has 0 atom stereocenters. The topological polar surface area (TPSA) is 77.1 Å². The lowest BCUT2D eigenvalue weighted by Gasteiger charge is -2.09. The van der Waals surface area contributed by atoms with Crippen molar-refractivity contribution in [1.82, 2.24) is 15.4 Å². The molecule has 0 saturated heterocycles. The lowest BCUT2D eigenvalue weighted by molar-refractivity contribution is 0.0520. The summed E-state index contributed by atoms with van der Waals surface area (Å²) in [5, 5.41) is 10.4. The van der Waals surface area contributed by atoms with Gasteiger partial charge in [-0.25, -0.2) is 4.79 Å². The number of halogens is 1. The largest absolute Gasteiger partial charge is 0.489 e. The maximum atomic E-state index is 12.0. The van der Waals surface area contributed by atoms with Crippen molar-refractivity contribution in [2.75, 3.05) is 6.61 Å². The van der Waals surface area contributed by atoms with Gasteiger partial charge in [0.15, 0.2) is 5.69 Å². The van der Waals surface area contributed by atoms with Gasteiger partial charge >= 0.3 is 5.97 Å². The fourth-order valence-electron chi connectivity index (χ4n) is 2.28. The highest BCUT2D eigenvalue weighted by atomic mass is 79.9. The molecular formula is C18H16BrN3O3. The van der Waals surface area contributed by atoms with Crippen LogP contribution in [0.2, 0.25) is 0 Å². The molecule has 0 radical (unpaired) electrons. The highest BCUT2D eigenvalue weighted by Gasteiger charge is 2.19. The molecule has 0 spiro atoms. The number of hydrogen-bond donors (Lipinski definition) is 1. The lowest BCUT2D eigenvalue weighted by Crippen LogP contribution is -2.06. The molecule has 0 saturated carbocycles. The van der Waals surface area contributed by atoms with E-state index in [4.69, 9.17) is 9.47 Å². The van der Waals surface area contributed by atoms with Crippen LogP contribution in [0.4, 0.5) is 0 Å². The molecule has 0 fully saturated rings. The molecule has 1 N–H and O–H groups in total. The molecule has 0 aliphatic heterocycles. The van der Waals surface area contributed by atoms with Crippen LogP contribution in [0.3, 0.4) is 0 Å². The smallest absolute Gasteiger partial charge is 0.361 e. The van der Waals surface area contributed by atoms with Crippen molar-refractivity contribution in [3.8, 4) is 17.0 Å². The van der Waals surface area contributed by atoms with Gasteiger partial charge in [-0.2, -0.15) is 10.3 Å². The van der Waals surface area contributed by atoms with Crippen LogP contribution in [0.1, 0.15) is 23.0 Å². The van der Waals surface area contributed by atoms with Crippen molar-refractivity contribution in [1.29, 1.82) is 0 Å². The monoisotopic (exact) mass is 401 g/mol. The molecule has 0 aliphatic rings. The Kier molecular flexibility index (Phi) is 5.45. The molecule has 7 heteroatoms. The molecule has 0 aliphatic carbocycles. The normalized spacial score (nSPS) is 10.5. The number of hydrogen-bond acceptors (Lipinski definition) is 5. The fraction of sp³-hybridized carbons (Fsp3) is 0.167. The molecule has 3 aromatic rings. The van der Waals surface area contributed by atoms with E-state index in [1.807, 2.05) is 48.5 Å². The van der Waals surface area contributed by atoms with Crippen LogP contribution in [-0.4, -0.2) is 28.0 Å². The van der Waals surface area contributed by atoms with E-state index < -0.39 is 5.97 Å². The number of benzene rings is 2. The average molecular weight is 402 g/mol. The van der Waals surface area contributed by atoms with Crippen LogP contribution in [0.5, 0.6) is 5.75 Å². The minimum absolute atomic E-state index is 0.157. The Morgan fingerprint density at radius 2 is 2.00 bits per heavy atom. The van der Waals surface area contributed by atoms with Gasteiger partial charge in [0.25, 0.3) is 0 Å². The summed E-state index contributed by atoms with van der Waals surface area (Å²) in [5.41, 5.74) is 2.36. The zero-order chi connectivity index (χ0) is 17.6. The van der Waals surface area contributed by atoms with Gasteiger partial charge in [-0.15, -0.1) is 5.10 Å². The first-order chi connectivity index (χ1) is 12.2. The Balaban J connectivity index is 1.80. The number of rotatable bonds is 6. The van der Waals surface area contributed by atoms with E-state index in [1.54, 1.807) is 6.92 Å². The van der Waals surface area contributed by atoms with Gasteiger partial charge in [0, 0.05) is 15.6 Å². The molecule has 0 amide bonds. The number of ether oxygens (including phenoxy) is 2. The predicted octanol–water partition coefficient (Wildman–Crippen LogP) is 3.99. The molecule has 1 aromatic heterocycles. The Morgan fingerprint density at radius 1 is 1.16 bits per heavy atom. The third-order valence-corrected chi connectivity index (χ3v) is 4.25. The van der Waals surface area contributed by atoms with Crippen molar-refractivity contribution < 1.29 is 14.3 Å². The molecule has 0 unspecified atom stereocenters. The van der Waals surface area contributed by atoms with Crippen molar-refractivity contribution in [3.63, 3.8) is 0 Å².